The molecule has 10 nitrogen and oxygen atoms in total. The molecule has 0 bridgehead atoms. The molecule has 238 valence electrons. The number of amides is 1. The molecule has 46 heavy (non-hydrogen) atoms. The molecule has 6 rings (SSSR count). The molecule has 0 saturated carbocycles. The van der Waals surface area contributed by atoms with E-state index in [1.807, 2.05) is 48.9 Å². The van der Waals surface area contributed by atoms with Crippen LogP contribution in [-0.4, -0.2) is 68.3 Å². The monoisotopic (exact) mass is 629 g/mol. The van der Waals surface area contributed by atoms with Gasteiger partial charge in [0.15, 0.2) is 12.0 Å². The average Bonchev–Trinajstić information content (AvgIpc) is 3.64. The van der Waals surface area contributed by atoms with Crippen molar-refractivity contribution in [3.05, 3.63) is 101 Å². The van der Waals surface area contributed by atoms with E-state index in [0.29, 0.717) is 30.0 Å². The fourth-order valence-corrected chi connectivity index (χ4v) is 5.43. The summed E-state index contributed by atoms with van der Waals surface area (Å²) in [5, 5.41) is 13.5. The fourth-order valence-electron chi connectivity index (χ4n) is 5.43. The number of hydrogen-bond acceptors (Lipinski definition) is 7. The first-order valence-corrected chi connectivity index (χ1v) is 14.8. The zero-order chi connectivity index (χ0) is 32.4. The summed E-state index contributed by atoms with van der Waals surface area (Å²) >= 11 is 0. The lowest BCUT2D eigenvalue weighted by atomic mass is 10.0. The molecule has 13 heteroatoms. The zero-order valence-corrected chi connectivity index (χ0v) is 25.7. The Kier molecular flexibility index (Phi) is 8.57. The van der Waals surface area contributed by atoms with Gasteiger partial charge < -0.3 is 20.9 Å². The number of rotatable bonds is 6. The van der Waals surface area contributed by atoms with Gasteiger partial charge >= 0.3 is 6.18 Å². The molecule has 1 amide bonds. The SMILES string of the molecule is Cc1ccc(NC(=O)c2ccc(CN3CCN(C)CC3)c(C(F)(F)F)c2)cc1C#Cc1cnc2n1C=CNC2Nc1cnn(C)c1. The Morgan fingerprint density at radius 1 is 1.04 bits per heavy atom. The van der Waals surface area contributed by atoms with E-state index in [9.17, 15) is 18.0 Å². The lowest BCUT2D eigenvalue weighted by Gasteiger charge is -2.33. The lowest BCUT2D eigenvalue weighted by Crippen LogP contribution is -2.44. The van der Waals surface area contributed by atoms with E-state index in [0.717, 1.165) is 36.2 Å². The Morgan fingerprint density at radius 2 is 1.85 bits per heavy atom. The van der Waals surface area contributed by atoms with Crippen LogP contribution in [0.25, 0.3) is 6.20 Å². The Bertz CT molecular complexity index is 1840. The number of aromatic nitrogens is 4. The summed E-state index contributed by atoms with van der Waals surface area (Å²) in [6.45, 7) is 5.06. The molecule has 1 unspecified atom stereocenters. The largest absolute Gasteiger partial charge is 0.416 e. The standard InChI is InChI=1S/C33H34F3N9O/c1-22-4-8-26(41-32(46)24-5-6-25(29(17-24)33(34,35)36)20-44-14-12-42(2)13-15-44)16-23(22)7-9-28-19-38-31-30(37-10-11-45(28)31)40-27-18-39-43(3)21-27/h4-6,8,10-11,16-19,21,30,37,40H,12-15,20H2,1-3H3,(H,41,46). The second-order valence-corrected chi connectivity index (χ2v) is 11.5. The highest BCUT2D eigenvalue weighted by molar-refractivity contribution is 6.04. The van der Waals surface area contributed by atoms with Crippen LogP contribution in [0, 0.1) is 18.8 Å². The number of likely N-dealkylation sites (N-methyl/N-ethyl adjacent to an activating group) is 1. The van der Waals surface area contributed by atoms with Crippen LogP contribution in [0.4, 0.5) is 24.5 Å². The molecule has 0 spiro atoms. The van der Waals surface area contributed by atoms with Gasteiger partial charge in [-0.2, -0.15) is 18.3 Å². The molecule has 1 atom stereocenters. The lowest BCUT2D eigenvalue weighted by molar-refractivity contribution is -0.138. The van der Waals surface area contributed by atoms with Crippen molar-refractivity contribution in [2.24, 2.45) is 7.05 Å². The summed E-state index contributed by atoms with van der Waals surface area (Å²) in [6, 6.07) is 9.03. The minimum absolute atomic E-state index is 0.0663. The maximum atomic E-state index is 14.1. The van der Waals surface area contributed by atoms with Gasteiger partial charge in [-0.25, -0.2) is 4.98 Å². The van der Waals surface area contributed by atoms with Crippen molar-refractivity contribution in [3.63, 3.8) is 0 Å². The first-order chi connectivity index (χ1) is 22.0. The average molecular weight is 630 g/mol. The second-order valence-electron chi connectivity index (χ2n) is 11.5. The minimum atomic E-state index is -4.59. The summed E-state index contributed by atoms with van der Waals surface area (Å²) in [5.74, 6) is 6.41. The summed E-state index contributed by atoms with van der Waals surface area (Å²) in [5.41, 5.74) is 2.77. The molecule has 0 radical (unpaired) electrons. The number of piperazine rings is 1. The van der Waals surface area contributed by atoms with Crippen LogP contribution >= 0.6 is 0 Å². The highest BCUT2D eigenvalue weighted by atomic mass is 19.4. The molecule has 4 aromatic rings. The van der Waals surface area contributed by atoms with Crippen molar-refractivity contribution in [2.45, 2.75) is 25.8 Å². The Labute approximate surface area is 264 Å². The third kappa shape index (κ3) is 6.93. The normalized spacial score (nSPS) is 16.7. The van der Waals surface area contributed by atoms with Crippen molar-refractivity contribution in [2.75, 3.05) is 43.9 Å². The molecular formula is C33H34F3N9O. The van der Waals surface area contributed by atoms with Gasteiger partial charge in [0.05, 0.1) is 23.6 Å². The smallest absolute Gasteiger partial charge is 0.364 e. The number of benzene rings is 2. The maximum Gasteiger partial charge on any atom is 0.416 e. The van der Waals surface area contributed by atoms with Crippen LogP contribution < -0.4 is 16.0 Å². The number of carbonyl (C=O) groups excluding carboxylic acids is 1. The highest BCUT2D eigenvalue weighted by Gasteiger charge is 2.34. The van der Waals surface area contributed by atoms with Gasteiger partial charge in [0.1, 0.15) is 5.69 Å². The first kappa shape index (κ1) is 30.9. The van der Waals surface area contributed by atoms with Crippen LogP contribution in [0.5, 0.6) is 0 Å². The Hall–Kier alpha value is -5.06. The molecule has 1 fully saturated rings. The van der Waals surface area contributed by atoms with Crippen LogP contribution in [-0.2, 0) is 19.8 Å². The van der Waals surface area contributed by atoms with Crippen LogP contribution in [0.1, 0.15) is 50.3 Å². The number of alkyl halides is 3. The van der Waals surface area contributed by atoms with Crippen molar-refractivity contribution >= 4 is 23.5 Å². The Morgan fingerprint density at radius 3 is 2.59 bits per heavy atom. The minimum Gasteiger partial charge on any atom is -0.364 e. The summed E-state index contributed by atoms with van der Waals surface area (Å²) in [7, 11) is 3.84. The van der Waals surface area contributed by atoms with E-state index in [1.54, 1.807) is 35.4 Å². The predicted molar refractivity (Wildman–Crippen MR) is 170 cm³/mol. The molecular weight excluding hydrogens is 595 g/mol. The predicted octanol–water partition coefficient (Wildman–Crippen LogP) is 4.49. The van der Waals surface area contributed by atoms with Gasteiger partial charge in [0.25, 0.3) is 5.91 Å². The third-order valence-electron chi connectivity index (χ3n) is 8.07. The molecule has 3 N–H and O–H groups in total. The molecule has 1 saturated heterocycles. The topological polar surface area (TPSA) is 95.3 Å². The number of nitrogens with zero attached hydrogens (tertiary/aromatic N) is 6. The number of fused-ring (bicyclic) bond motifs is 1. The second kappa shape index (κ2) is 12.7. The zero-order valence-electron chi connectivity index (χ0n) is 25.7. The van der Waals surface area contributed by atoms with Gasteiger partial charge in [0.2, 0.25) is 0 Å². The molecule has 2 aliphatic rings. The molecule has 2 aromatic heterocycles. The Balaban J connectivity index is 1.18. The molecule has 4 heterocycles. The summed E-state index contributed by atoms with van der Waals surface area (Å²) in [4.78, 5) is 21.8. The van der Waals surface area contributed by atoms with Crippen LogP contribution in [0.15, 0.2) is 61.2 Å². The van der Waals surface area contributed by atoms with Gasteiger partial charge in [-0.1, -0.05) is 18.1 Å². The van der Waals surface area contributed by atoms with E-state index < -0.39 is 17.6 Å². The third-order valence-corrected chi connectivity index (χ3v) is 8.07. The van der Waals surface area contributed by atoms with Gasteiger partial charge in [-0.15, -0.1) is 0 Å². The van der Waals surface area contributed by atoms with Crippen LogP contribution in [0.3, 0.4) is 0 Å². The number of hydrogen-bond donors (Lipinski definition) is 3. The number of nitrogens with one attached hydrogen (secondary N) is 3. The van der Waals surface area contributed by atoms with E-state index in [-0.39, 0.29) is 23.8 Å². The van der Waals surface area contributed by atoms with Crippen molar-refractivity contribution < 1.29 is 18.0 Å². The van der Waals surface area contributed by atoms with E-state index in [4.69, 9.17) is 0 Å². The van der Waals surface area contributed by atoms with Crippen LogP contribution in [0.2, 0.25) is 0 Å². The maximum absolute atomic E-state index is 14.1. The summed E-state index contributed by atoms with van der Waals surface area (Å²) < 4.78 is 45.8. The number of imidazole rings is 1. The van der Waals surface area contributed by atoms with E-state index in [2.05, 4.69) is 42.8 Å². The first-order valence-electron chi connectivity index (χ1n) is 14.8. The van der Waals surface area contributed by atoms with E-state index in [1.165, 1.54) is 12.1 Å². The highest BCUT2D eigenvalue weighted by Crippen LogP contribution is 2.34. The van der Waals surface area contributed by atoms with Crippen molar-refractivity contribution in [1.82, 2.24) is 34.4 Å². The number of anilines is 2. The van der Waals surface area contributed by atoms with Gasteiger partial charge in [0, 0.05) is 75.2 Å². The number of carbonyl (C=O) groups is 1. The van der Waals surface area contributed by atoms with E-state index >= 15 is 0 Å². The number of halogens is 3. The molecule has 2 aromatic carbocycles. The number of aryl methyl sites for hydroxylation is 2. The summed E-state index contributed by atoms with van der Waals surface area (Å²) in [6.07, 6.45) is 4.04. The fraction of sp³-hybridized carbons (Fsp3) is 0.303. The quantitative estimate of drug-likeness (QED) is 0.271. The molecule has 0 aliphatic carbocycles. The van der Waals surface area contributed by atoms with Gasteiger partial charge in [-0.3, -0.25) is 18.9 Å². The van der Waals surface area contributed by atoms with Gasteiger partial charge in [-0.05, 0) is 55.3 Å². The van der Waals surface area contributed by atoms with Crippen molar-refractivity contribution in [1.29, 1.82) is 0 Å². The van der Waals surface area contributed by atoms with Crippen molar-refractivity contribution in [3.8, 4) is 11.8 Å². The molecule has 2 aliphatic heterocycles.